The molecule has 13 N–H and O–H groups in total. The maximum atomic E-state index is 14.1. The first-order chi connectivity index (χ1) is 27.8. The molecule has 0 aliphatic rings. The second-order valence-corrected chi connectivity index (χ2v) is 14.8. The van der Waals surface area contributed by atoms with E-state index in [4.69, 9.17) is 46.0 Å². The molecule has 13 nitrogen and oxygen atoms in total. The van der Waals surface area contributed by atoms with E-state index < -0.39 is 35.7 Å². The molecule has 4 rings (SSSR count). The lowest BCUT2D eigenvalue weighted by molar-refractivity contribution is -0.134. The summed E-state index contributed by atoms with van der Waals surface area (Å²) >= 11 is 6.07. The lowest BCUT2D eigenvalue weighted by atomic mass is 9.89. The SMILES string of the molecule is NC(=O)[C@H](CCCN=C(N)N)CC(=O)[C@H](Cc1ccc(-c2ccc(Cl)cc2)cc1)NC(=O)[C@H](CCCN=C(N)N)CC(=O)[C@@H](N)Cc1ccc(-c2ccccc2)cc1. The van der Waals surface area contributed by atoms with Crippen LogP contribution in [0.5, 0.6) is 0 Å². The molecule has 0 bridgehead atoms. The normalized spacial score (nSPS) is 13.0. The Bertz CT molecular complexity index is 2010. The largest absolute Gasteiger partial charge is 0.370 e. The molecule has 0 aliphatic heterocycles. The summed E-state index contributed by atoms with van der Waals surface area (Å²) in [6.45, 7) is 0.500. The van der Waals surface area contributed by atoms with E-state index in [1.165, 1.54) is 0 Å². The molecule has 0 saturated carbocycles. The Morgan fingerprint density at radius 1 is 0.569 bits per heavy atom. The number of rotatable bonds is 23. The molecule has 0 aliphatic carbocycles. The molecule has 4 aromatic carbocycles. The zero-order valence-corrected chi connectivity index (χ0v) is 33.3. The van der Waals surface area contributed by atoms with E-state index in [9.17, 15) is 19.2 Å². The number of benzene rings is 4. The number of hydrogen-bond donors (Lipinski definition) is 7. The molecule has 0 aromatic heterocycles. The van der Waals surface area contributed by atoms with Crippen molar-refractivity contribution in [3.8, 4) is 22.3 Å². The number of carbonyl (C=O) groups excluding carboxylic acids is 4. The number of carbonyl (C=O) groups is 4. The third kappa shape index (κ3) is 14.8. The molecule has 4 aromatic rings. The highest BCUT2D eigenvalue weighted by Gasteiger charge is 2.31. The summed E-state index contributed by atoms with van der Waals surface area (Å²) < 4.78 is 0. The number of nitrogens with one attached hydrogen (secondary N) is 1. The van der Waals surface area contributed by atoms with Gasteiger partial charge in [0.15, 0.2) is 23.5 Å². The smallest absolute Gasteiger partial charge is 0.224 e. The monoisotopic (exact) mass is 807 g/mol. The van der Waals surface area contributed by atoms with Crippen molar-refractivity contribution in [2.75, 3.05) is 13.1 Å². The van der Waals surface area contributed by atoms with Gasteiger partial charge in [0.05, 0.1) is 12.1 Å². The first-order valence-electron chi connectivity index (χ1n) is 19.3. The van der Waals surface area contributed by atoms with Crippen LogP contribution >= 0.6 is 11.6 Å². The number of primary amides is 1. The molecule has 2 amide bonds. The van der Waals surface area contributed by atoms with Crippen LogP contribution in [0.2, 0.25) is 5.02 Å². The van der Waals surface area contributed by atoms with Crippen LogP contribution in [0.25, 0.3) is 22.3 Å². The van der Waals surface area contributed by atoms with Crippen LogP contribution < -0.4 is 39.7 Å². The fraction of sp³-hybridized carbons (Fsp3) is 0.318. The summed E-state index contributed by atoms with van der Waals surface area (Å²) in [5.74, 6) is -3.67. The van der Waals surface area contributed by atoms with Gasteiger partial charge in [-0.1, -0.05) is 103 Å². The number of hydrogen-bond acceptors (Lipinski definition) is 7. The molecule has 0 fully saturated rings. The topological polar surface area (TPSA) is 261 Å². The van der Waals surface area contributed by atoms with Crippen LogP contribution in [-0.4, -0.2) is 60.5 Å². The van der Waals surface area contributed by atoms with Gasteiger partial charge in [0.1, 0.15) is 0 Å². The first kappa shape index (κ1) is 44.7. The van der Waals surface area contributed by atoms with Gasteiger partial charge in [-0.3, -0.25) is 29.2 Å². The van der Waals surface area contributed by atoms with E-state index in [0.29, 0.717) is 17.9 Å². The minimum absolute atomic E-state index is 0.0821. The molecular weight excluding hydrogens is 754 g/mol. The summed E-state index contributed by atoms with van der Waals surface area (Å²) in [6.07, 6.45) is 1.35. The zero-order valence-electron chi connectivity index (χ0n) is 32.6. The van der Waals surface area contributed by atoms with Crippen molar-refractivity contribution in [1.82, 2.24) is 5.32 Å². The van der Waals surface area contributed by atoms with Gasteiger partial charge in [0.25, 0.3) is 0 Å². The van der Waals surface area contributed by atoms with Gasteiger partial charge in [-0.05, 0) is 84.0 Å². The first-order valence-corrected chi connectivity index (χ1v) is 19.7. The Hall–Kier alpha value is -6.05. The van der Waals surface area contributed by atoms with Gasteiger partial charge in [-0.2, -0.15) is 0 Å². The second kappa shape index (κ2) is 22.6. The summed E-state index contributed by atoms with van der Waals surface area (Å²) in [7, 11) is 0. The average molecular weight is 808 g/mol. The number of ketones is 2. The molecule has 0 unspecified atom stereocenters. The maximum Gasteiger partial charge on any atom is 0.224 e. The van der Waals surface area contributed by atoms with Crippen LogP contribution in [0.3, 0.4) is 0 Å². The number of amides is 2. The van der Waals surface area contributed by atoms with E-state index in [0.717, 1.165) is 33.4 Å². The molecule has 0 saturated heterocycles. The molecule has 0 radical (unpaired) electrons. The predicted molar refractivity (Wildman–Crippen MR) is 231 cm³/mol. The van der Waals surface area contributed by atoms with Crippen LogP contribution in [0.15, 0.2) is 113 Å². The third-order valence-corrected chi connectivity index (χ3v) is 10.1. The highest BCUT2D eigenvalue weighted by Crippen LogP contribution is 2.24. The zero-order chi connectivity index (χ0) is 42.0. The number of aliphatic imine (C=N–C) groups is 2. The molecular formula is C44H54ClN9O4. The Labute approximate surface area is 344 Å². The van der Waals surface area contributed by atoms with Crippen molar-refractivity contribution in [3.05, 3.63) is 119 Å². The van der Waals surface area contributed by atoms with Crippen molar-refractivity contribution in [1.29, 1.82) is 0 Å². The third-order valence-electron chi connectivity index (χ3n) is 9.89. The second-order valence-electron chi connectivity index (χ2n) is 14.4. The molecule has 58 heavy (non-hydrogen) atoms. The minimum Gasteiger partial charge on any atom is -0.370 e. The van der Waals surface area contributed by atoms with Crippen molar-refractivity contribution in [2.24, 2.45) is 56.2 Å². The molecule has 14 heteroatoms. The van der Waals surface area contributed by atoms with Gasteiger partial charge in [0, 0.05) is 42.8 Å². The number of halogens is 1. The molecule has 306 valence electrons. The Kier molecular flexibility index (Phi) is 17.4. The van der Waals surface area contributed by atoms with E-state index in [1.807, 2.05) is 91.0 Å². The fourth-order valence-electron chi connectivity index (χ4n) is 6.62. The highest BCUT2D eigenvalue weighted by atomic mass is 35.5. The number of nitrogens with zero attached hydrogens (tertiary/aromatic N) is 2. The van der Waals surface area contributed by atoms with Gasteiger partial charge >= 0.3 is 0 Å². The number of guanidine groups is 2. The maximum absolute atomic E-state index is 14.1. The Morgan fingerprint density at radius 2 is 1.02 bits per heavy atom. The molecule has 0 heterocycles. The number of Topliss-reactive ketones (excluding diaryl/α,β-unsaturated/α-hetero) is 2. The van der Waals surface area contributed by atoms with Crippen LogP contribution in [0.4, 0.5) is 0 Å². The van der Waals surface area contributed by atoms with E-state index >= 15 is 0 Å². The lowest BCUT2D eigenvalue weighted by Crippen LogP contribution is -2.47. The van der Waals surface area contributed by atoms with E-state index in [2.05, 4.69) is 15.3 Å². The minimum atomic E-state index is -1.04. The average Bonchev–Trinajstić information content (AvgIpc) is 3.20. The summed E-state index contributed by atoms with van der Waals surface area (Å²) in [5.41, 5.74) is 39.7. The van der Waals surface area contributed by atoms with E-state index in [1.54, 1.807) is 12.1 Å². The fourth-order valence-corrected chi connectivity index (χ4v) is 6.75. The predicted octanol–water partition coefficient (Wildman–Crippen LogP) is 4.01. The van der Waals surface area contributed by atoms with Crippen molar-refractivity contribution < 1.29 is 19.2 Å². The van der Waals surface area contributed by atoms with Crippen LogP contribution in [-0.2, 0) is 32.0 Å². The summed E-state index contributed by atoms with van der Waals surface area (Å²) in [4.78, 5) is 62.3. The lowest BCUT2D eigenvalue weighted by Gasteiger charge is -2.24. The van der Waals surface area contributed by atoms with Crippen LogP contribution in [0.1, 0.15) is 49.7 Å². The van der Waals surface area contributed by atoms with Crippen molar-refractivity contribution in [3.63, 3.8) is 0 Å². The van der Waals surface area contributed by atoms with Crippen molar-refractivity contribution >= 4 is 46.9 Å². The highest BCUT2D eigenvalue weighted by molar-refractivity contribution is 6.30. The van der Waals surface area contributed by atoms with Crippen LogP contribution in [0, 0.1) is 11.8 Å². The molecule has 4 atom stereocenters. The van der Waals surface area contributed by atoms with Gasteiger partial charge in [-0.15, -0.1) is 0 Å². The van der Waals surface area contributed by atoms with Gasteiger partial charge in [-0.25, -0.2) is 0 Å². The van der Waals surface area contributed by atoms with Crippen molar-refractivity contribution in [2.45, 2.75) is 63.5 Å². The summed E-state index contributed by atoms with van der Waals surface area (Å²) in [6, 6.07) is 30.9. The number of nitrogens with two attached hydrogens (primary N) is 6. The Morgan fingerprint density at radius 3 is 1.52 bits per heavy atom. The van der Waals surface area contributed by atoms with E-state index in [-0.39, 0.29) is 75.1 Å². The molecule has 0 spiro atoms. The van der Waals surface area contributed by atoms with Gasteiger partial charge in [0.2, 0.25) is 11.8 Å². The quantitative estimate of drug-likeness (QED) is 0.0324. The standard InChI is InChI=1S/C44H54ClN9O4/c45-36-20-18-33(19-21-36)32-16-12-29(13-17-32)25-38(40(56)26-34(41(47)57)8-4-22-52-43(48)49)54-42(58)35(9-5-23-53-44(50)51)27-39(55)37(46)24-28-10-14-31(15-11-28)30-6-2-1-3-7-30/h1-3,6-7,10-21,34-35,37-38H,4-5,8-9,22-27,46H2,(H2,47,57)(H,54,58)(H4,48,49,52)(H4,50,51,53)/t34-,35-,37+,38+/m1/s1. The Balaban J connectivity index is 1.53. The van der Waals surface area contributed by atoms with Gasteiger partial charge < -0.3 is 39.7 Å². The summed E-state index contributed by atoms with van der Waals surface area (Å²) in [5, 5.41) is 3.54.